The molecule has 2 saturated carbocycles. The molecule has 0 bridgehead atoms. The van der Waals surface area contributed by atoms with E-state index in [1.54, 1.807) is 14.2 Å². The molecular weight excluding hydrogens is 304 g/mol. The first-order valence-electron chi connectivity index (χ1n) is 8.94. The number of ether oxygens (including phenoxy) is 2. The largest absolute Gasteiger partial charge is 0.497 e. The van der Waals surface area contributed by atoms with Crippen molar-refractivity contribution in [1.82, 2.24) is 0 Å². The maximum absolute atomic E-state index is 13.2. The molecule has 2 N–H and O–H groups in total. The van der Waals surface area contributed by atoms with E-state index in [-0.39, 0.29) is 11.8 Å². The normalized spacial score (nSPS) is 31.0. The number of anilines is 1. The van der Waals surface area contributed by atoms with Gasteiger partial charge in [0.05, 0.1) is 19.9 Å². The van der Waals surface area contributed by atoms with E-state index in [2.05, 4.69) is 0 Å². The molecule has 0 radical (unpaired) electrons. The molecule has 4 rings (SSSR count). The van der Waals surface area contributed by atoms with E-state index in [4.69, 9.17) is 15.2 Å². The number of carbonyl (C=O) groups is 1. The van der Waals surface area contributed by atoms with Crippen molar-refractivity contribution >= 4 is 11.6 Å². The van der Waals surface area contributed by atoms with Crippen LogP contribution in [0.25, 0.3) is 0 Å². The second-order valence-electron chi connectivity index (χ2n) is 7.41. The fraction of sp³-hybridized carbons (Fsp3) is 0.632. The molecule has 1 aromatic carbocycles. The number of methoxy groups -OCH3 is 2. The molecule has 4 atom stereocenters. The average Bonchev–Trinajstić information content (AvgIpc) is 2.96. The summed E-state index contributed by atoms with van der Waals surface area (Å²) in [4.78, 5) is 15.2. The Hall–Kier alpha value is -1.75. The highest BCUT2D eigenvalue weighted by molar-refractivity contribution is 5.97. The van der Waals surface area contributed by atoms with Crippen LogP contribution in [0.4, 0.5) is 5.69 Å². The number of hydrogen-bond acceptors (Lipinski definition) is 4. The minimum atomic E-state index is 0.122. The first-order valence-corrected chi connectivity index (χ1v) is 8.94. The van der Waals surface area contributed by atoms with E-state index in [1.165, 1.54) is 0 Å². The van der Waals surface area contributed by atoms with E-state index in [9.17, 15) is 4.79 Å². The van der Waals surface area contributed by atoms with Crippen molar-refractivity contribution in [3.8, 4) is 11.5 Å². The van der Waals surface area contributed by atoms with Crippen molar-refractivity contribution in [2.45, 2.75) is 38.1 Å². The second-order valence-corrected chi connectivity index (χ2v) is 7.41. The molecule has 3 aliphatic rings. The van der Waals surface area contributed by atoms with Crippen molar-refractivity contribution in [3.63, 3.8) is 0 Å². The van der Waals surface area contributed by atoms with E-state index < -0.39 is 0 Å². The summed E-state index contributed by atoms with van der Waals surface area (Å²) in [6.07, 6.45) is 4.96. The number of nitrogens with two attached hydrogens (primary N) is 1. The zero-order chi connectivity index (χ0) is 16.8. The third kappa shape index (κ3) is 2.37. The van der Waals surface area contributed by atoms with Gasteiger partial charge < -0.3 is 20.1 Å². The predicted octanol–water partition coefficient (Wildman–Crippen LogP) is 2.36. The summed E-state index contributed by atoms with van der Waals surface area (Å²) in [5, 5.41) is 0. The third-order valence-corrected chi connectivity index (χ3v) is 6.20. The molecule has 1 aromatic rings. The Bertz CT molecular complexity index is 660. The van der Waals surface area contributed by atoms with Crippen LogP contribution in [0, 0.1) is 17.8 Å². The number of rotatable bonds is 3. The predicted molar refractivity (Wildman–Crippen MR) is 92.5 cm³/mol. The summed E-state index contributed by atoms with van der Waals surface area (Å²) in [6.45, 7) is 0.778. The Labute approximate surface area is 143 Å². The highest BCUT2D eigenvalue weighted by Gasteiger charge is 2.48. The second kappa shape index (κ2) is 5.96. The average molecular weight is 330 g/mol. The summed E-state index contributed by atoms with van der Waals surface area (Å²) < 4.78 is 10.9. The number of hydrogen-bond donors (Lipinski definition) is 1. The maximum atomic E-state index is 13.2. The summed E-state index contributed by atoms with van der Waals surface area (Å²) in [7, 11) is 3.32. The lowest BCUT2D eigenvalue weighted by atomic mass is 9.72. The molecule has 1 aliphatic heterocycles. The molecule has 1 amide bonds. The lowest BCUT2D eigenvalue weighted by molar-refractivity contribution is -0.122. The summed E-state index contributed by atoms with van der Waals surface area (Å²) in [5.74, 6) is 3.15. The van der Waals surface area contributed by atoms with Crippen LogP contribution < -0.4 is 20.1 Å². The molecule has 5 heteroatoms. The fourth-order valence-electron chi connectivity index (χ4n) is 4.86. The van der Waals surface area contributed by atoms with Gasteiger partial charge in [0.15, 0.2) is 0 Å². The Kier molecular flexibility index (Phi) is 3.91. The summed E-state index contributed by atoms with van der Waals surface area (Å²) >= 11 is 0. The topological polar surface area (TPSA) is 64.8 Å². The summed E-state index contributed by atoms with van der Waals surface area (Å²) in [6, 6.07) is 4.19. The fourth-order valence-corrected chi connectivity index (χ4v) is 4.86. The van der Waals surface area contributed by atoms with E-state index >= 15 is 0 Å². The van der Waals surface area contributed by atoms with Crippen LogP contribution in [-0.2, 0) is 11.2 Å². The summed E-state index contributed by atoms with van der Waals surface area (Å²) in [5.41, 5.74) is 8.18. The SMILES string of the molecule is COc1cc(OC)c2c(c1)N(C(=O)C1C[C@@H]3C[C@H](N)[C@@H]3C1)CCC2. The monoisotopic (exact) mass is 330 g/mol. The van der Waals surface area contributed by atoms with E-state index in [1.807, 2.05) is 17.0 Å². The minimum absolute atomic E-state index is 0.122. The van der Waals surface area contributed by atoms with Gasteiger partial charge in [0.2, 0.25) is 5.91 Å². The molecule has 0 spiro atoms. The van der Waals surface area contributed by atoms with Gasteiger partial charge in [-0.15, -0.1) is 0 Å². The van der Waals surface area contributed by atoms with Crippen LogP contribution in [-0.4, -0.2) is 32.7 Å². The van der Waals surface area contributed by atoms with Gasteiger partial charge in [0.25, 0.3) is 0 Å². The van der Waals surface area contributed by atoms with Gasteiger partial charge in [0, 0.05) is 36.2 Å². The number of nitrogens with zero attached hydrogens (tertiary/aromatic N) is 1. The van der Waals surface area contributed by atoms with Crippen LogP contribution in [0.15, 0.2) is 12.1 Å². The maximum Gasteiger partial charge on any atom is 0.230 e. The van der Waals surface area contributed by atoms with Crippen LogP contribution in [0.1, 0.15) is 31.2 Å². The Morgan fingerprint density at radius 3 is 2.71 bits per heavy atom. The van der Waals surface area contributed by atoms with Crippen LogP contribution in [0.5, 0.6) is 11.5 Å². The van der Waals surface area contributed by atoms with Gasteiger partial charge in [-0.2, -0.15) is 0 Å². The number of amides is 1. The standard InChI is InChI=1S/C19H26N2O3/c1-23-13-9-17-14(18(10-13)24-2)4-3-5-21(17)19(22)12-6-11-8-16(20)15(11)7-12/h9-12,15-16H,3-8,20H2,1-2H3/t11-,12?,15-,16+/m1/s1. The Balaban J connectivity index is 1.63. The van der Waals surface area contributed by atoms with Gasteiger partial charge in [-0.1, -0.05) is 0 Å². The third-order valence-electron chi connectivity index (χ3n) is 6.20. The van der Waals surface area contributed by atoms with Crippen molar-refractivity contribution in [3.05, 3.63) is 17.7 Å². The van der Waals surface area contributed by atoms with Crippen LogP contribution >= 0.6 is 0 Å². The quantitative estimate of drug-likeness (QED) is 0.924. The van der Waals surface area contributed by atoms with Crippen molar-refractivity contribution in [1.29, 1.82) is 0 Å². The molecule has 1 heterocycles. The molecule has 5 nitrogen and oxygen atoms in total. The zero-order valence-electron chi connectivity index (χ0n) is 14.5. The molecule has 0 aromatic heterocycles. The number of benzene rings is 1. The van der Waals surface area contributed by atoms with Crippen LogP contribution in [0.2, 0.25) is 0 Å². The highest BCUT2D eigenvalue weighted by Crippen LogP contribution is 2.50. The smallest absolute Gasteiger partial charge is 0.230 e. The molecule has 0 saturated heterocycles. The highest BCUT2D eigenvalue weighted by atomic mass is 16.5. The first-order chi connectivity index (χ1) is 11.6. The van der Waals surface area contributed by atoms with Crippen molar-refractivity contribution in [2.75, 3.05) is 25.7 Å². The van der Waals surface area contributed by atoms with Crippen molar-refractivity contribution in [2.24, 2.45) is 23.5 Å². The van der Waals surface area contributed by atoms with E-state index in [0.717, 1.165) is 61.4 Å². The van der Waals surface area contributed by atoms with Crippen molar-refractivity contribution < 1.29 is 14.3 Å². The molecule has 24 heavy (non-hydrogen) atoms. The number of fused-ring (bicyclic) bond motifs is 2. The van der Waals surface area contributed by atoms with Gasteiger partial charge in [-0.3, -0.25) is 4.79 Å². The lowest BCUT2D eigenvalue weighted by Crippen LogP contribution is -2.44. The molecule has 1 unspecified atom stereocenters. The van der Waals surface area contributed by atoms with Gasteiger partial charge in [-0.25, -0.2) is 0 Å². The van der Waals surface area contributed by atoms with Gasteiger partial charge >= 0.3 is 0 Å². The molecule has 2 aliphatic carbocycles. The number of carbonyl (C=O) groups excluding carboxylic acids is 1. The first kappa shape index (κ1) is 15.8. The minimum Gasteiger partial charge on any atom is -0.497 e. The Morgan fingerprint density at radius 1 is 1.21 bits per heavy atom. The Morgan fingerprint density at radius 2 is 2.04 bits per heavy atom. The van der Waals surface area contributed by atoms with E-state index in [0.29, 0.717) is 17.9 Å². The van der Waals surface area contributed by atoms with Crippen LogP contribution in [0.3, 0.4) is 0 Å². The molecule has 130 valence electrons. The molecule has 2 fully saturated rings. The van der Waals surface area contributed by atoms with Gasteiger partial charge in [-0.05, 0) is 43.9 Å². The lowest BCUT2D eigenvalue weighted by Gasteiger charge is -2.37. The zero-order valence-corrected chi connectivity index (χ0v) is 14.5. The molecular formula is C19H26N2O3. The van der Waals surface area contributed by atoms with Gasteiger partial charge in [0.1, 0.15) is 11.5 Å².